The first-order valence-corrected chi connectivity index (χ1v) is 3.51. The number of nitrogens with zero attached hydrogens (tertiary/aromatic N) is 1. The quantitative estimate of drug-likeness (QED) is 0.629. The van der Waals surface area contributed by atoms with Crippen LogP contribution in [0.2, 0.25) is 0 Å². The Morgan fingerprint density at radius 3 is 3.08 bits per heavy atom. The number of hydrogen-bond donors (Lipinski definition) is 2. The molecule has 0 aromatic carbocycles. The summed E-state index contributed by atoms with van der Waals surface area (Å²) >= 11 is 0. The molecule has 0 saturated carbocycles. The zero-order valence-electron chi connectivity index (χ0n) is 6.70. The van der Waals surface area contributed by atoms with E-state index in [9.17, 15) is 4.79 Å². The van der Waals surface area contributed by atoms with Crippen molar-refractivity contribution in [1.82, 2.24) is 9.97 Å². The van der Waals surface area contributed by atoms with Crippen molar-refractivity contribution in [2.45, 2.75) is 6.42 Å². The van der Waals surface area contributed by atoms with Crippen LogP contribution in [0.25, 0.3) is 0 Å². The van der Waals surface area contributed by atoms with Crippen LogP contribution in [0, 0.1) is 0 Å². The molecule has 0 spiro atoms. The van der Waals surface area contributed by atoms with Crippen LogP contribution in [0.3, 0.4) is 0 Å². The van der Waals surface area contributed by atoms with Crippen LogP contribution < -0.4 is 10.3 Å². The number of rotatable bonds is 3. The zero-order valence-corrected chi connectivity index (χ0v) is 6.70. The summed E-state index contributed by atoms with van der Waals surface area (Å²) in [6, 6.07) is 1.25. The fourth-order valence-corrected chi connectivity index (χ4v) is 0.813. The van der Waals surface area contributed by atoms with E-state index in [2.05, 4.69) is 9.97 Å². The monoisotopic (exact) mass is 170 g/mol. The number of methoxy groups -OCH3 is 1. The molecule has 1 aromatic heterocycles. The number of aliphatic hydroxyl groups excluding tert-OH is 1. The van der Waals surface area contributed by atoms with E-state index in [1.54, 1.807) is 0 Å². The van der Waals surface area contributed by atoms with E-state index in [-0.39, 0.29) is 18.0 Å². The van der Waals surface area contributed by atoms with E-state index in [1.165, 1.54) is 13.2 Å². The van der Waals surface area contributed by atoms with Crippen molar-refractivity contribution >= 4 is 0 Å². The molecule has 0 atom stereocenters. The van der Waals surface area contributed by atoms with Crippen molar-refractivity contribution in [1.29, 1.82) is 0 Å². The molecule has 5 heteroatoms. The van der Waals surface area contributed by atoms with Gasteiger partial charge in [-0.2, -0.15) is 0 Å². The van der Waals surface area contributed by atoms with E-state index in [0.29, 0.717) is 12.2 Å². The first-order valence-electron chi connectivity index (χ1n) is 3.51. The zero-order chi connectivity index (χ0) is 8.97. The first kappa shape index (κ1) is 8.73. The summed E-state index contributed by atoms with van der Waals surface area (Å²) in [5.74, 6) is 0.698. The lowest BCUT2D eigenvalue weighted by Gasteiger charge is -2.00. The minimum atomic E-state index is -0.273. The largest absolute Gasteiger partial charge is 0.481 e. The number of H-pyrrole nitrogens is 1. The number of aromatic nitrogens is 2. The maximum absolute atomic E-state index is 10.9. The molecule has 0 radical (unpaired) electrons. The van der Waals surface area contributed by atoms with Crippen LogP contribution in [0.15, 0.2) is 10.9 Å². The molecule has 1 rings (SSSR count). The fourth-order valence-electron chi connectivity index (χ4n) is 0.813. The smallest absolute Gasteiger partial charge is 0.254 e. The van der Waals surface area contributed by atoms with E-state index in [1.807, 2.05) is 0 Å². The molecule has 1 aromatic rings. The van der Waals surface area contributed by atoms with Gasteiger partial charge in [0, 0.05) is 6.42 Å². The Labute approximate surface area is 69.0 Å². The van der Waals surface area contributed by atoms with Crippen LogP contribution in [0.5, 0.6) is 5.88 Å². The van der Waals surface area contributed by atoms with E-state index in [0.717, 1.165) is 0 Å². The third-order valence-electron chi connectivity index (χ3n) is 1.32. The molecule has 0 unspecified atom stereocenters. The summed E-state index contributed by atoms with van der Waals surface area (Å²) in [4.78, 5) is 17.3. The molecule has 0 aliphatic heterocycles. The Kier molecular flexibility index (Phi) is 2.82. The number of aromatic amines is 1. The molecular weight excluding hydrogens is 160 g/mol. The van der Waals surface area contributed by atoms with Gasteiger partial charge in [0.25, 0.3) is 5.56 Å². The fraction of sp³-hybridized carbons (Fsp3) is 0.429. The highest BCUT2D eigenvalue weighted by atomic mass is 16.5. The molecule has 0 aliphatic carbocycles. The van der Waals surface area contributed by atoms with Gasteiger partial charge in [0.05, 0.1) is 19.8 Å². The number of aliphatic hydroxyl groups is 1. The normalized spacial score (nSPS) is 9.83. The molecular formula is C7H10N2O3. The van der Waals surface area contributed by atoms with Gasteiger partial charge in [0.2, 0.25) is 5.88 Å². The lowest BCUT2D eigenvalue weighted by Crippen LogP contribution is -2.12. The highest BCUT2D eigenvalue weighted by molar-refractivity contribution is 5.08. The predicted molar refractivity (Wildman–Crippen MR) is 42.2 cm³/mol. The van der Waals surface area contributed by atoms with Crippen molar-refractivity contribution in [3.05, 3.63) is 22.2 Å². The maximum Gasteiger partial charge on any atom is 0.254 e. The van der Waals surface area contributed by atoms with Crippen molar-refractivity contribution in [2.24, 2.45) is 0 Å². The highest BCUT2D eigenvalue weighted by Gasteiger charge is 1.99. The molecule has 12 heavy (non-hydrogen) atoms. The topological polar surface area (TPSA) is 75.2 Å². The van der Waals surface area contributed by atoms with Crippen molar-refractivity contribution < 1.29 is 9.84 Å². The molecule has 0 saturated heterocycles. The minimum Gasteiger partial charge on any atom is -0.481 e. The molecule has 2 N–H and O–H groups in total. The third-order valence-corrected chi connectivity index (χ3v) is 1.32. The van der Waals surface area contributed by atoms with Gasteiger partial charge in [0.15, 0.2) is 0 Å². The molecule has 66 valence electrons. The number of hydrogen-bond acceptors (Lipinski definition) is 4. The van der Waals surface area contributed by atoms with Crippen LogP contribution in [0.4, 0.5) is 0 Å². The van der Waals surface area contributed by atoms with Crippen LogP contribution in [0.1, 0.15) is 5.82 Å². The van der Waals surface area contributed by atoms with Crippen LogP contribution >= 0.6 is 0 Å². The number of nitrogens with one attached hydrogen (secondary N) is 1. The second kappa shape index (κ2) is 3.87. The van der Waals surface area contributed by atoms with E-state index in [4.69, 9.17) is 9.84 Å². The van der Waals surface area contributed by atoms with E-state index < -0.39 is 0 Å². The van der Waals surface area contributed by atoms with Crippen molar-refractivity contribution in [3.63, 3.8) is 0 Å². The minimum absolute atomic E-state index is 0.0455. The molecule has 5 nitrogen and oxygen atoms in total. The Bertz CT molecular complexity index is 308. The Balaban J connectivity index is 2.98. The number of ether oxygens (including phenoxy) is 1. The van der Waals surface area contributed by atoms with Crippen molar-refractivity contribution in [2.75, 3.05) is 13.7 Å². The van der Waals surface area contributed by atoms with Gasteiger partial charge in [-0.1, -0.05) is 0 Å². The molecule has 1 heterocycles. The summed E-state index contributed by atoms with van der Waals surface area (Å²) in [6.45, 7) is -0.0455. The molecule has 0 amide bonds. The average Bonchev–Trinajstić information content (AvgIpc) is 2.04. The van der Waals surface area contributed by atoms with Gasteiger partial charge in [-0.3, -0.25) is 4.79 Å². The average molecular weight is 170 g/mol. The van der Waals surface area contributed by atoms with Gasteiger partial charge >= 0.3 is 0 Å². The van der Waals surface area contributed by atoms with Crippen molar-refractivity contribution in [3.8, 4) is 5.88 Å². The summed E-state index contributed by atoms with van der Waals surface area (Å²) in [6.07, 6.45) is 0.326. The highest BCUT2D eigenvalue weighted by Crippen LogP contribution is 2.00. The first-order chi connectivity index (χ1) is 5.76. The lowest BCUT2D eigenvalue weighted by molar-refractivity contribution is 0.295. The summed E-state index contributed by atoms with van der Waals surface area (Å²) in [5, 5.41) is 8.57. The molecule has 0 aliphatic rings. The van der Waals surface area contributed by atoms with Gasteiger partial charge < -0.3 is 14.8 Å². The van der Waals surface area contributed by atoms with Gasteiger partial charge in [-0.25, -0.2) is 4.98 Å². The van der Waals surface area contributed by atoms with Gasteiger partial charge in [0.1, 0.15) is 5.82 Å². The molecule has 0 bridgehead atoms. The SMILES string of the molecule is COc1cc(=O)[nH]c(CCO)n1. The van der Waals surface area contributed by atoms with Crippen LogP contribution in [-0.4, -0.2) is 28.8 Å². The maximum atomic E-state index is 10.9. The standard InChI is InChI=1S/C7H10N2O3/c1-12-7-4-6(11)8-5(9-7)2-3-10/h4,10H,2-3H2,1H3,(H,8,9,11). The second-order valence-corrected chi connectivity index (χ2v) is 2.21. The Morgan fingerprint density at radius 1 is 1.75 bits per heavy atom. The van der Waals surface area contributed by atoms with Gasteiger partial charge in [-0.05, 0) is 0 Å². The third kappa shape index (κ3) is 2.06. The summed E-state index contributed by atoms with van der Waals surface area (Å²) in [5.41, 5.74) is -0.273. The summed E-state index contributed by atoms with van der Waals surface area (Å²) < 4.78 is 4.77. The molecule has 0 fully saturated rings. The van der Waals surface area contributed by atoms with E-state index >= 15 is 0 Å². The lowest BCUT2D eigenvalue weighted by atomic mass is 10.4. The predicted octanol–water partition coefficient (Wildman–Crippen LogP) is -0.687. The van der Waals surface area contributed by atoms with Gasteiger partial charge in [-0.15, -0.1) is 0 Å². The Morgan fingerprint density at radius 2 is 2.50 bits per heavy atom. The second-order valence-electron chi connectivity index (χ2n) is 2.21. The summed E-state index contributed by atoms with van der Waals surface area (Å²) in [7, 11) is 1.44. The Hall–Kier alpha value is -1.36. The van der Waals surface area contributed by atoms with Crippen LogP contribution in [-0.2, 0) is 6.42 Å².